The molecule has 0 bridgehead atoms. The van der Waals surface area contributed by atoms with Crippen LogP contribution in [0.25, 0.3) is 5.69 Å². The zero-order valence-electron chi connectivity index (χ0n) is 18.9. The summed E-state index contributed by atoms with van der Waals surface area (Å²) < 4.78 is 7.29. The normalized spacial score (nSPS) is 16.8. The first-order valence-corrected chi connectivity index (χ1v) is 11.2. The molecule has 7 nitrogen and oxygen atoms in total. The van der Waals surface area contributed by atoms with E-state index >= 15 is 0 Å². The first-order chi connectivity index (χ1) is 14.7. The highest BCUT2D eigenvalue weighted by Crippen LogP contribution is 2.29. The third kappa shape index (κ3) is 4.75. The van der Waals surface area contributed by atoms with Crippen molar-refractivity contribution in [1.82, 2.24) is 20.0 Å². The first-order valence-electron chi connectivity index (χ1n) is 11.2. The molecule has 2 aliphatic rings. The lowest BCUT2D eigenvalue weighted by Gasteiger charge is -2.32. The summed E-state index contributed by atoms with van der Waals surface area (Å²) in [4.78, 5) is 27.2. The molecule has 1 saturated heterocycles. The number of aryl methyl sites for hydroxylation is 1. The minimum atomic E-state index is -0.516. The van der Waals surface area contributed by atoms with Crippen LogP contribution < -0.4 is 5.32 Å². The molecular weight excluding hydrogens is 392 g/mol. The second-order valence-corrected chi connectivity index (χ2v) is 9.59. The summed E-state index contributed by atoms with van der Waals surface area (Å²) in [5, 5.41) is 7.68. The van der Waals surface area contributed by atoms with Gasteiger partial charge >= 0.3 is 6.09 Å². The molecule has 31 heavy (non-hydrogen) atoms. The van der Waals surface area contributed by atoms with E-state index in [9.17, 15) is 9.59 Å². The number of alkyl carbamates (subject to hydrolysis) is 1. The molecule has 0 atom stereocenters. The largest absolute Gasteiger partial charge is 0.444 e. The van der Waals surface area contributed by atoms with Crippen LogP contribution in [0.2, 0.25) is 0 Å². The number of nitrogens with one attached hydrogen (secondary N) is 1. The Kier molecular flexibility index (Phi) is 5.77. The maximum atomic E-state index is 13.3. The van der Waals surface area contributed by atoms with Gasteiger partial charge in [0.25, 0.3) is 5.91 Å². The SMILES string of the molecule is Cc1ccc(-n2nc(C(=O)N3CCC(NC(=O)OC(C)(C)C)CC3)c3c2CCC3)cc1. The molecule has 2 heterocycles. The number of rotatable bonds is 3. The molecule has 7 heteroatoms. The van der Waals surface area contributed by atoms with Crippen molar-refractivity contribution < 1.29 is 14.3 Å². The fourth-order valence-corrected chi connectivity index (χ4v) is 4.36. The lowest BCUT2D eigenvalue weighted by molar-refractivity contribution is 0.0473. The smallest absolute Gasteiger partial charge is 0.407 e. The first kappa shape index (κ1) is 21.4. The second-order valence-electron chi connectivity index (χ2n) is 9.59. The Balaban J connectivity index is 1.43. The van der Waals surface area contributed by atoms with Crippen molar-refractivity contribution >= 4 is 12.0 Å². The van der Waals surface area contributed by atoms with E-state index in [2.05, 4.69) is 36.5 Å². The molecule has 1 fully saturated rings. The van der Waals surface area contributed by atoms with Crippen molar-refractivity contribution in [3.05, 3.63) is 46.8 Å². The predicted octanol–water partition coefficient (Wildman–Crippen LogP) is 3.80. The van der Waals surface area contributed by atoms with Crippen molar-refractivity contribution in [1.29, 1.82) is 0 Å². The number of aromatic nitrogens is 2. The van der Waals surface area contributed by atoms with Crippen LogP contribution in [-0.2, 0) is 17.6 Å². The Morgan fingerprint density at radius 3 is 2.42 bits per heavy atom. The Hall–Kier alpha value is -2.83. The van der Waals surface area contributed by atoms with Crippen LogP contribution in [0.1, 0.15) is 67.3 Å². The Morgan fingerprint density at radius 2 is 1.77 bits per heavy atom. The van der Waals surface area contributed by atoms with E-state index in [0.717, 1.165) is 36.2 Å². The highest BCUT2D eigenvalue weighted by atomic mass is 16.6. The van der Waals surface area contributed by atoms with Crippen molar-refractivity contribution in [3.63, 3.8) is 0 Å². The van der Waals surface area contributed by atoms with Gasteiger partial charge in [-0.15, -0.1) is 0 Å². The monoisotopic (exact) mass is 424 g/mol. The van der Waals surface area contributed by atoms with E-state index in [4.69, 9.17) is 9.84 Å². The molecule has 1 aromatic carbocycles. The third-order valence-electron chi connectivity index (χ3n) is 5.91. The van der Waals surface area contributed by atoms with Crippen LogP contribution in [0.3, 0.4) is 0 Å². The number of hydrogen-bond donors (Lipinski definition) is 1. The number of benzene rings is 1. The van der Waals surface area contributed by atoms with Crippen molar-refractivity contribution in [2.45, 2.75) is 71.4 Å². The molecular formula is C24H32N4O3. The van der Waals surface area contributed by atoms with Crippen LogP contribution in [0.15, 0.2) is 24.3 Å². The molecule has 0 radical (unpaired) electrons. The zero-order chi connectivity index (χ0) is 22.2. The van der Waals surface area contributed by atoms with Crippen LogP contribution in [0, 0.1) is 6.92 Å². The quantitative estimate of drug-likeness (QED) is 0.813. The summed E-state index contributed by atoms with van der Waals surface area (Å²) in [6.07, 6.45) is 3.94. The third-order valence-corrected chi connectivity index (χ3v) is 5.91. The number of ether oxygens (including phenoxy) is 1. The number of hydrogen-bond acceptors (Lipinski definition) is 4. The van der Waals surface area contributed by atoms with Gasteiger partial charge < -0.3 is 15.0 Å². The molecule has 0 unspecified atom stereocenters. The number of piperidine rings is 1. The van der Waals surface area contributed by atoms with Crippen LogP contribution in [-0.4, -0.2) is 51.4 Å². The molecule has 1 aliphatic carbocycles. The Labute approximate surface area is 183 Å². The van der Waals surface area contributed by atoms with Crippen LogP contribution >= 0.6 is 0 Å². The van der Waals surface area contributed by atoms with E-state index in [1.807, 2.05) is 30.4 Å². The second kappa shape index (κ2) is 8.36. The zero-order valence-corrected chi connectivity index (χ0v) is 18.9. The Bertz CT molecular complexity index is 964. The van der Waals surface area contributed by atoms with Gasteiger partial charge in [-0.2, -0.15) is 5.10 Å². The number of fused-ring (bicyclic) bond motifs is 1. The summed E-state index contributed by atoms with van der Waals surface area (Å²) in [5.74, 6) is -0.000250. The molecule has 0 saturated carbocycles. The molecule has 0 spiro atoms. The van der Waals surface area contributed by atoms with E-state index in [0.29, 0.717) is 31.6 Å². The van der Waals surface area contributed by atoms with Gasteiger partial charge in [0.2, 0.25) is 0 Å². The van der Waals surface area contributed by atoms with Gasteiger partial charge in [-0.1, -0.05) is 17.7 Å². The van der Waals surface area contributed by atoms with Crippen molar-refractivity contribution in [2.24, 2.45) is 0 Å². The fraction of sp³-hybridized carbons (Fsp3) is 0.542. The molecule has 1 aromatic heterocycles. The Morgan fingerprint density at radius 1 is 1.10 bits per heavy atom. The highest BCUT2D eigenvalue weighted by molar-refractivity contribution is 5.94. The van der Waals surface area contributed by atoms with E-state index in [1.165, 1.54) is 5.56 Å². The number of likely N-dealkylation sites (tertiary alicyclic amines) is 1. The summed E-state index contributed by atoms with van der Waals surface area (Å²) in [7, 11) is 0. The molecule has 1 aliphatic heterocycles. The van der Waals surface area contributed by atoms with Crippen LogP contribution in [0.4, 0.5) is 4.79 Å². The van der Waals surface area contributed by atoms with Gasteiger partial charge in [-0.3, -0.25) is 4.79 Å². The van der Waals surface area contributed by atoms with Gasteiger partial charge in [0, 0.05) is 30.4 Å². The van der Waals surface area contributed by atoms with Crippen molar-refractivity contribution in [2.75, 3.05) is 13.1 Å². The van der Waals surface area contributed by atoms with Gasteiger partial charge in [0.1, 0.15) is 5.60 Å². The van der Waals surface area contributed by atoms with Gasteiger partial charge in [0.05, 0.1) is 5.69 Å². The van der Waals surface area contributed by atoms with Gasteiger partial charge in [-0.25, -0.2) is 9.48 Å². The van der Waals surface area contributed by atoms with Gasteiger partial charge in [-0.05, 0) is 71.9 Å². The molecule has 2 aromatic rings. The molecule has 166 valence electrons. The van der Waals surface area contributed by atoms with Crippen LogP contribution in [0.5, 0.6) is 0 Å². The summed E-state index contributed by atoms with van der Waals surface area (Å²) >= 11 is 0. The topological polar surface area (TPSA) is 76.5 Å². The predicted molar refractivity (Wildman–Crippen MR) is 119 cm³/mol. The number of carbonyl (C=O) groups excluding carboxylic acids is 2. The highest BCUT2D eigenvalue weighted by Gasteiger charge is 2.32. The minimum absolute atomic E-state index is 0.000250. The average Bonchev–Trinajstić information content (AvgIpc) is 3.30. The fourth-order valence-electron chi connectivity index (χ4n) is 4.36. The van der Waals surface area contributed by atoms with Crippen molar-refractivity contribution in [3.8, 4) is 5.69 Å². The van der Waals surface area contributed by atoms with E-state index < -0.39 is 11.7 Å². The molecule has 4 rings (SSSR count). The van der Waals surface area contributed by atoms with E-state index in [1.54, 1.807) is 0 Å². The minimum Gasteiger partial charge on any atom is -0.444 e. The summed E-state index contributed by atoms with van der Waals surface area (Å²) in [6.45, 7) is 8.82. The van der Waals surface area contributed by atoms with E-state index in [-0.39, 0.29) is 11.9 Å². The summed E-state index contributed by atoms with van der Waals surface area (Å²) in [6, 6.07) is 8.28. The lowest BCUT2D eigenvalue weighted by Crippen LogP contribution is -2.47. The molecule has 1 N–H and O–H groups in total. The standard InChI is InChI=1S/C24H32N4O3/c1-16-8-10-18(11-9-16)28-20-7-5-6-19(20)21(26-28)22(29)27-14-12-17(13-15-27)25-23(30)31-24(2,3)4/h8-11,17H,5-7,12-15H2,1-4H3,(H,25,30). The maximum Gasteiger partial charge on any atom is 0.407 e. The summed E-state index contributed by atoms with van der Waals surface area (Å²) in [5.41, 5.74) is 4.53. The van der Waals surface area contributed by atoms with Gasteiger partial charge in [0.15, 0.2) is 5.69 Å². The number of carbonyl (C=O) groups is 2. The lowest BCUT2D eigenvalue weighted by atomic mass is 10.0. The maximum absolute atomic E-state index is 13.3. The number of nitrogens with zero attached hydrogens (tertiary/aromatic N) is 3. The molecule has 2 amide bonds. The number of amides is 2. The average molecular weight is 425 g/mol.